The molecule has 0 aliphatic carbocycles. The molecule has 2 aromatic heterocycles. The molecule has 0 saturated carbocycles. The van der Waals surface area contributed by atoms with Crippen LogP contribution in [0, 0.1) is 0 Å². The summed E-state index contributed by atoms with van der Waals surface area (Å²) in [6, 6.07) is 59.1. The summed E-state index contributed by atoms with van der Waals surface area (Å²) in [5, 5.41) is 4.67. The fourth-order valence-electron chi connectivity index (χ4n) is 6.79. The summed E-state index contributed by atoms with van der Waals surface area (Å²) >= 11 is 0. The highest BCUT2D eigenvalue weighted by Crippen LogP contribution is 2.37. The van der Waals surface area contributed by atoms with Gasteiger partial charge in [-0.25, -0.2) is 4.99 Å². The molecule has 2 heterocycles. The summed E-state index contributed by atoms with van der Waals surface area (Å²) in [6.45, 7) is 0.556. The van der Waals surface area contributed by atoms with E-state index in [-0.39, 0.29) is 0 Å². The Kier molecular flexibility index (Phi) is 7.17. The predicted octanol–water partition coefficient (Wildman–Crippen LogP) is 11.4. The van der Waals surface area contributed by atoms with E-state index >= 15 is 0 Å². The van der Waals surface area contributed by atoms with Crippen LogP contribution in [0.2, 0.25) is 0 Å². The molecular weight excluding hydrogens is 599 g/mol. The number of aromatic nitrogens is 1. The van der Waals surface area contributed by atoms with Gasteiger partial charge in [-0.15, -0.1) is 0 Å². The van der Waals surface area contributed by atoms with E-state index in [1.807, 2.05) is 54.7 Å². The van der Waals surface area contributed by atoms with Crippen molar-refractivity contribution in [1.29, 1.82) is 0 Å². The maximum atomic E-state index is 6.12. The molecule has 0 spiro atoms. The maximum Gasteiger partial charge on any atom is 0.154 e. The lowest BCUT2D eigenvalue weighted by molar-refractivity contribution is 0.669. The number of benzene rings is 7. The standard InChI is InChI=1S/C45H31N3O/c1-3-13-31(14-4-1)29-46-45(32-15-5-2-6-16-32)47-30-35-17-7-10-20-40(35)48-41-21-11-8-18-36(41)37-25-23-34(28-42(37)48)33-24-26-44-39(27-33)38-19-9-12-22-43(38)49-44/h1-28,30H,29H2. The van der Waals surface area contributed by atoms with Crippen LogP contribution in [0.15, 0.2) is 184 Å². The van der Waals surface area contributed by atoms with Gasteiger partial charge in [-0.3, -0.25) is 4.99 Å². The smallest absolute Gasteiger partial charge is 0.154 e. The molecule has 0 fully saturated rings. The normalized spacial score (nSPS) is 12.2. The number of rotatable bonds is 6. The van der Waals surface area contributed by atoms with E-state index in [1.54, 1.807) is 0 Å². The van der Waals surface area contributed by atoms with Crippen molar-refractivity contribution in [2.45, 2.75) is 6.54 Å². The van der Waals surface area contributed by atoms with Gasteiger partial charge < -0.3 is 8.98 Å². The molecule has 9 aromatic rings. The molecule has 232 valence electrons. The van der Waals surface area contributed by atoms with E-state index in [2.05, 4.69) is 126 Å². The molecule has 4 nitrogen and oxygen atoms in total. The zero-order valence-electron chi connectivity index (χ0n) is 26.7. The number of fused-ring (bicyclic) bond motifs is 6. The van der Waals surface area contributed by atoms with Gasteiger partial charge in [0.15, 0.2) is 5.84 Å². The summed E-state index contributed by atoms with van der Waals surface area (Å²) in [5.74, 6) is 0.700. The quantitative estimate of drug-likeness (QED) is 0.133. The minimum absolute atomic E-state index is 0.556. The van der Waals surface area contributed by atoms with Gasteiger partial charge in [0.1, 0.15) is 11.2 Å². The first-order valence-electron chi connectivity index (χ1n) is 16.5. The molecule has 0 unspecified atom stereocenters. The number of para-hydroxylation sites is 3. The van der Waals surface area contributed by atoms with Crippen molar-refractivity contribution in [1.82, 2.24) is 4.57 Å². The molecule has 0 N–H and O–H groups in total. The van der Waals surface area contributed by atoms with E-state index in [0.717, 1.165) is 66.5 Å². The second kappa shape index (κ2) is 12.3. The zero-order chi connectivity index (χ0) is 32.6. The Labute approximate surface area is 283 Å². The third-order valence-electron chi connectivity index (χ3n) is 9.17. The molecule has 49 heavy (non-hydrogen) atoms. The summed E-state index contributed by atoms with van der Waals surface area (Å²) < 4.78 is 8.49. The van der Waals surface area contributed by atoms with Crippen LogP contribution in [0.1, 0.15) is 16.7 Å². The predicted molar refractivity (Wildman–Crippen MR) is 204 cm³/mol. The van der Waals surface area contributed by atoms with Gasteiger partial charge in [-0.2, -0.15) is 0 Å². The average Bonchev–Trinajstić information content (AvgIpc) is 3.71. The molecule has 0 aliphatic rings. The van der Waals surface area contributed by atoms with Gasteiger partial charge in [-0.1, -0.05) is 133 Å². The minimum atomic E-state index is 0.556. The number of hydrogen-bond acceptors (Lipinski definition) is 2. The third kappa shape index (κ3) is 5.30. The topological polar surface area (TPSA) is 42.8 Å². The van der Waals surface area contributed by atoms with Crippen LogP contribution in [0.4, 0.5) is 0 Å². The molecular formula is C45H31N3O. The van der Waals surface area contributed by atoms with E-state index < -0.39 is 0 Å². The number of aliphatic imine (C=N–C) groups is 2. The van der Waals surface area contributed by atoms with Crippen LogP contribution in [0.25, 0.3) is 60.6 Å². The summed E-state index contributed by atoms with van der Waals surface area (Å²) in [4.78, 5) is 9.99. The third-order valence-corrected chi connectivity index (χ3v) is 9.17. The first-order valence-corrected chi connectivity index (χ1v) is 16.5. The van der Waals surface area contributed by atoms with Crippen LogP contribution < -0.4 is 0 Å². The highest BCUT2D eigenvalue weighted by atomic mass is 16.3. The average molecular weight is 630 g/mol. The fourth-order valence-corrected chi connectivity index (χ4v) is 6.79. The Hall–Kier alpha value is -6.52. The van der Waals surface area contributed by atoms with Crippen LogP contribution in [0.5, 0.6) is 0 Å². The lowest BCUT2D eigenvalue weighted by atomic mass is 10.0. The largest absolute Gasteiger partial charge is 0.456 e. The molecule has 0 atom stereocenters. The van der Waals surface area contributed by atoms with Crippen molar-refractivity contribution in [3.05, 3.63) is 187 Å². The minimum Gasteiger partial charge on any atom is -0.456 e. The Balaban J connectivity index is 1.18. The Bertz CT molecular complexity index is 2680. The number of furan rings is 1. The SMILES string of the molecule is C(=NC(=NCc1ccccc1)c1ccccc1)c1ccccc1-n1c2ccccc2c2ccc(-c3ccc4oc5ccccc5c4c3)cc21. The highest BCUT2D eigenvalue weighted by Gasteiger charge is 2.16. The molecule has 0 bridgehead atoms. The first-order chi connectivity index (χ1) is 24.3. The van der Waals surface area contributed by atoms with Crippen LogP contribution in [-0.4, -0.2) is 16.6 Å². The van der Waals surface area contributed by atoms with Gasteiger partial charge >= 0.3 is 0 Å². The second-order valence-corrected chi connectivity index (χ2v) is 12.2. The number of hydrogen-bond donors (Lipinski definition) is 0. The van der Waals surface area contributed by atoms with Crippen molar-refractivity contribution in [3.63, 3.8) is 0 Å². The van der Waals surface area contributed by atoms with Crippen molar-refractivity contribution >= 4 is 55.8 Å². The van der Waals surface area contributed by atoms with E-state index in [4.69, 9.17) is 14.4 Å². The summed E-state index contributed by atoms with van der Waals surface area (Å²) in [5.41, 5.74) is 10.6. The van der Waals surface area contributed by atoms with Crippen molar-refractivity contribution in [2.75, 3.05) is 0 Å². The van der Waals surface area contributed by atoms with Crippen LogP contribution in [-0.2, 0) is 6.54 Å². The van der Waals surface area contributed by atoms with E-state index in [0.29, 0.717) is 12.4 Å². The Morgan fingerprint density at radius 2 is 1.18 bits per heavy atom. The molecule has 4 heteroatoms. The van der Waals surface area contributed by atoms with Gasteiger partial charge in [-0.05, 0) is 53.1 Å². The Morgan fingerprint density at radius 1 is 0.531 bits per heavy atom. The fraction of sp³-hybridized carbons (Fsp3) is 0.0222. The van der Waals surface area contributed by atoms with Crippen LogP contribution in [0.3, 0.4) is 0 Å². The van der Waals surface area contributed by atoms with Gasteiger partial charge in [0.2, 0.25) is 0 Å². The maximum absolute atomic E-state index is 6.12. The molecule has 9 rings (SSSR count). The van der Waals surface area contributed by atoms with Gasteiger partial charge in [0, 0.05) is 38.9 Å². The molecule has 7 aromatic carbocycles. The first kappa shape index (κ1) is 28.7. The summed E-state index contributed by atoms with van der Waals surface area (Å²) in [7, 11) is 0. The molecule has 0 radical (unpaired) electrons. The Morgan fingerprint density at radius 3 is 2.06 bits per heavy atom. The number of amidine groups is 1. The second-order valence-electron chi connectivity index (χ2n) is 12.2. The highest BCUT2D eigenvalue weighted by molar-refractivity contribution is 6.12. The zero-order valence-corrected chi connectivity index (χ0v) is 26.7. The molecule has 0 amide bonds. The van der Waals surface area contributed by atoms with E-state index in [9.17, 15) is 0 Å². The number of nitrogens with zero attached hydrogens (tertiary/aromatic N) is 3. The lowest BCUT2D eigenvalue weighted by Gasteiger charge is -2.12. The van der Waals surface area contributed by atoms with Gasteiger partial charge in [0.05, 0.1) is 23.3 Å². The van der Waals surface area contributed by atoms with E-state index in [1.165, 1.54) is 10.8 Å². The lowest BCUT2D eigenvalue weighted by Crippen LogP contribution is -2.02. The van der Waals surface area contributed by atoms with Crippen molar-refractivity contribution in [2.24, 2.45) is 9.98 Å². The van der Waals surface area contributed by atoms with Gasteiger partial charge in [0.25, 0.3) is 0 Å². The molecule has 0 aliphatic heterocycles. The monoisotopic (exact) mass is 629 g/mol. The molecule has 0 saturated heterocycles. The van der Waals surface area contributed by atoms with Crippen LogP contribution >= 0.6 is 0 Å². The van der Waals surface area contributed by atoms with Crippen molar-refractivity contribution < 1.29 is 4.42 Å². The van der Waals surface area contributed by atoms with Crippen molar-refractivity contribution in [3.8, 4) is 16.8 Å². The summed E-state index contributed by atoms with van der Waals surface area (Å²) in [6.07, 6.45) is 1.95.